The van der Waals surface area contributed by atoms with Crippen LogP contribution in [0.5, 0.6) is 5.75 Å². The van der Waals surface area contributed by atoms with E-state index in [9.17, 15) is 18.3 Å². The van der Waals surface area contributed by atoms with Crippen LogP contribution in [0.15, 0.2) is 83.8 Å². The summed E-state index contributed by atoms with van der Waals surface area (Å²) in [4.78, 5) is 19.8. The molecule has 0 radical (unpaired) electrons. The molecule has 2 atom stereocenters. The summed E-state index contributed by atoms with van der Waals surface area (Å²) in [7, 11) is -3.89. The molecule has 8 heteroatoms. The molecule has 7 nitrogen and oxygen atoms in total. The largest absolute Gasteiger partial charge is 0.507 e. The normalized spacial score (nSPS) is 21.0. The third-order valence-corrected chi connectivity index (χ3v) is 7.03. The van der Waals surface area contributed by atoms with Gasteiger partial charge in [-0.25, -0.2) is 18.1 Å². The summed E-state index contributed by atoms with van der Waals surface area (Å²) in [6, 6.07) is 10.1. The Kier molecular flexibility index (Phi) is 4.60. The van der Waals surface area contributed by atoms with Gasteiger partial charge in [-0.3, -0.25) is 4.79 Å². The number of allylic oxidation sites excluding steroid dienone is 3. The number of phenolic OH excluding ortho intramolecular Hbond substituents is 1. The van der Waals surface area contributed by atoms with E-state index in [1.165, 1.54) is 12.5 Å². The molecule has 0 bridgehead atoms. The summed E-state index contributed by atoms with van der Waals surface area (Å²) in [6.07, 6.45) is 10.3. The van der Waals surface area contributed by atoms with Crippen molar-refractivity contribution in [2.45, 2.75) is 17.5 Å². The number of carbonyl (C=O) groups excluding carboxylic acids is 1. The number of benzene rings is 2. The molecule has 0 fully saturated rings. The number of rotatable bonds is 4. The number of aromatic hydroxyl groups is 1. The fourth-order valence-electron chi connectivity index (χ4n) is 4.21. The fraction of sp³-hybridized carbons (Fsp3) is 0.130. The summed E-state index contributed by atoms with van der Waals surface area (Å²) in [5.74, 6) is -0.670. The first-order valence-corrected chi connectivity index (χ1v) is 11.3. The minimum Gasteiger partial charge on any atom is -0.507 e. The van der Waals surface area contributed by atoms with Gasteiger partial charge in [0.25, 0.3) is 10.0 Å². The number of imidazole rings is 1. The van der Waals surface area contributed by atoms with Crippen molar-refractivity contribution in [1.29, 1.82) is 0 Å². The van der Waals surface area contributed by atoms with Crippen LogP contribution in [0.2, 0.25) is 0 Å². The highest BCUT2D eigenvalue weighted by Gasteiger charge is 2.38. The van der Waals surface area contributed by atoms with Crippen molar-refractivity contribution in [3.8, 4) is 5.75 Å². The number of hydrogen-bond donors (Lipinski definition) is 3. The zero-order valence-corrected chi connectivity index (χ0v) is 17.1. The van der Waals surface area contributed by atoms with Gasteiger partial charge in [-0.05, 0) is 23.3 Å². The summed E-state index contributed by atoms with van der Waals surface area (Å²) in [5, 5.41) is 12.2. The molecule has 3 N–H and O–H groups in total. The topological polar surface area (TPSA) is 112 Å². The Morgan fingerprint density at radius 2 is 2.00 bits per heavy atom. The van der Waals surface area contributed by atoms with E-state index < -0.39 is 22.0 Å². The van der Waals surface area contributed by atoms with Gasteiger partial charge in [0.15, 0.2) is 10.8 Å². The quantitative estimate of drug-likeness (QED) is 0.548. The maximum atomic E-state index is 13.4. The molecular weight excluding hydrogens is 414 g/mol. The van der Waals surface area contributed by atoms with E-state index >= 15 is 0 Å². The fourth-order valence-corrected chi connectivity index (χ4v) is 5.32. The Balaban J connectivity index is 1.68. The third kappa shape index (κ3) is 3.30. The lowest BCUT2D eigenvalue weighted by Crippen LogP contribution is -2.43. The average Bonchev–Trinajstić information content (AvgIpc) is 3.32. The molecule has 5 rings (SSSR count). The van der Waals surface area contributed by atoms with Crippen LogP contribution < -0.4 is 4.72 Å². The van der Waals surface area contributed by atoms with Crippen molar-refractivity contribution in [3.05, 3.63) is 84.4 Å². The monoisotopic (exact) mass is 433 g/mol. The predicted octanol–water partition coefficient (Wildman–Crippen LogP) is 3.08. The predicted molar refractivity (Wildman–Crippen MR) is 117 cm³/mol. The molecule has 2 aliphatic carbocycles. The number of aromatic amines is 1. The molecule has 0 spiro atoms. The van der Waals surface area contributed by atoms with E-state index in [-0.39, 0.29) is 22.1 Å². The maximum Gasteiger partial charge on any atom is 0.258 e. The van der Waals surface area contributed by atoms with E-state index in [1.807, 2.05) is 42.5 Å². The van der Waals surface area contributed by atoms with Crippen LogP contribution in [-0.4, -0.2) is 35.3 Å². The van der Waals surface area contributed by atoms with Crippen LogP contribution in [0.1, 0.15) is 12.0 Å². The second kappa shape index (κ2) is 7.33. The molecule has 31 heavy (non-hydrogen) atoms. The Morgan fingerprint density at radius 3 is 2.81 bits per heavy atom. The second-order valence-corrected chi connectivity index (χ2v) is 9.18. The lowest BCUT2D eigenvalue weighted by Gasteiger charge is -2.32. The van der Waals surface area contributed by atoms with Gasteiger partial charge in [-0.1, -0.05) is 54.6 Å². The van der Waals surface area contributed by atoms with Gasteiger partial charge >= 0.3 is 0 Å². The highest BCUT2D eigenvalue weighted by molar-refractivity contribution is 7.89. The number of carbonyl (C=O) groups is 1. The molecule has 0 saturated carbocycles. The number of nitrogens with zero attached hydrogens (tertiary/aromatic N) is 1. The van der Waals surface area contributed by atoms with Crippen LogP contribution in [-0.2, 0) is 14.8 Å². The number of H-pyrrole nitrogens is 1. The number of nitrogens with one attached hydrogen (secondary N) is 2. The first-order chi connectivity index (χ1) is 15.0. The van der Waals surface area contributed by atoms with Crippen molar-refractivity contribution in [2.75, 3.05) is 0 Å². The number of ketones is 1. The van der Waals surface area contributed by atoms with E-state index in [2.05, 4.69) is 14.7 Å². The molecule has 0 aliphatic heterocycles. The third-order valence-electron chi connectivity index (χ3n) is 5.65. The first kappa shape index (κ1) is 19.5. The standard InChI is InChI=1S/C23H19N3O4S/c27-20-10-9-14-5-1-2-6-15(14)22(20)18-11-19(16-7-3-4-8-17(16)23(18)28)26-31(29,30)21-12-24-13-25-21/h1-3,5-13,16,19,26-27H,4H2,(H,24,25). The highest BCUT2D eigenvalue weighted by Crippen LogP contribution is 2.40. The van der Waals surface area contributed by atoms with Crippen molar-refractivity contribution in [3.63, 3.8) is 0 Å². The van der Waals surface area contributed by atoms with Gasteiger partial charge in [0, 0.05) is 22.6 Å². The van der Waals surface area contributed by atoms with E-state index in [0.717, 1.165) is 10.8 Å². The van der Waals surface area contributed by atoms with Crippen molar-refractivity contribution in [2.24, 2.45) is 5.92 Å². The average molecular weight is 433 g/mol. The number of hydrogen-bond acceptors (Lipinski definition) is 5. The van der Waals surface area contributed by atoms with Gasteiger partial charge < -0.3 is 10.1 Å². The Labute approximate surface area is 178 Å². The molecule has 2 aromatic carbocycles. The number of fused-ring (bicyclic) bond motifs is 2. The van der Waals surface area contributed by atoms with Gasteiger partial charge in [-0.2, -0.15) is 0 Å². The molecule has 2 unspecified atom stereocenters. The summed E-state index contributed by atoms with van der Waals surface area (Å²) in [6.45, 7) is 0. The van der Waals surface area contributed by atoms with Crippen molar-refractivity contribution in [1.82, 2.24) is 14.7 Å². The Hall–Kier alpha value is -3.49. The number of Topliss-reactive ketones (excluding diaryl/α,β-unsaturated/α-hetero) is 1. The minimum absolute atomic E-state index is 0.0288. The van der Waals surface area contributed by atoms with Crippen molar-refractivity contribution >= 4 is 32.2 Å². The SMILES string of the molecule is O=C1C(c2c(O)ccc3ccccc23)=CC(NS(=O)(=O)c2cnc[nH]2)C2C=CCC=C12. The second-order valence-electron chi connectivity index (χ2n) is 7.50. The maximum absolute atomic E-state index is 13.4. The van der Waals surface area contributed by atoms with Crippen LogP contribution in [0, 0.1) is 5.92 Å². The smallest absolute Gasteiger partial charge is 0.258 e. The highest BCUT2D eigenvalue weighted by atomic mass is 32.2. The molecular formula is C23H19N3O4S. The summed E-state index contributed by atoms with van der Waals surface area (Å²) in [5.41, 5.74) is 1.21. The van der Waals surface area contributed by atoms with Gasteiger partial charge in [0.05, 0.1) is 18.6 Å². The zero-order valence-electron chi connectivity index (χ0n) is 16.3. The summed E-state index contributed by atoms with van der Waals surface area (Å²) < 4.78 is 28.4. The van der Waals surface area contributed by atoms with Crippen LogP contribution >= 0.6 is 0 Å². The first-order valence-electron chi connectivity index (χ1n) is 9.81. The van der Waals surface area contributed by atoms with Gasteiger partial charge in [0.1, 0.15) is 5.75 Å². The molecule has 0 amide bonds. The molecule has 2 aliphatic rings. The van der Waals surface area contributed by atoms with E-state index in [0.29, 0.717) is 17.6 Å². The lowest BCUT2D eigenvalue weighted by molar-refractivity contribution is -0.111. The zero-order chi connectivity index (χ0) is 21.6. The summed E-state index contributed by atoms with van der Waals surface area (Å²) >= 11 is 0. The lowest BCUT2D eigenvalue weighted by atomic mass is 9.75. The van der Waals surface area contributed by atoms with Crippen LogP contribution in [0.3, 0.4) is 0 Å². The number of sulfonamides is 1. The van der Waals surface area contributed by atoms with Crippen LogP contribution in [0.4, 0.5) is 0 Å². The molecule has 1 aromatic heterocycles. The van der Waals surface area contributed by atoms with Gasteiger partial charge in [0.2, 0.25) is 0 Å². The van der Waals surface area contributed by atoms with E-state index in [4.69, 9.17) is 0 Å². The Bertz CT molecular complexity index is 1390. The number of aromatic nitrogens is 2. The van der Waals surface area contributed by atoms with Crippen molar-refractivity contribution < 1.29 is 18.3 Å². The molecule has 1 heterocycles. The molecule has 156 valence electrons. The van der Waals surface area contributed by atoms with Gasteiger partial charge in [-0.15, -0.1) is 0 Å². The Morgan fingerprint density at radius 1 is 1.16 bits per heavy atom. The molecule has 0 saturated heterocycles. The van der Waals surface area contributed by atoms with Crippen LogP contribution in [0.25, 0.3) is 16.3 Å². The number of phenols is 1. The van der Waals surface area contributed by atoms with E-state index in [1.54, 1.807) is 18.2 Å². The molecule has 3 aromatic rings. The minimum atomic E-state index is -3.89.